The lowest BCUT2D eigenvalue weighted by Crippen LogP contribution is -2.04. The molecule has 0 bridgehead atoms. The number of aliphatic imine (C=N–C) groups is 1. The molecule has 0 saturated heterocycles. The predicted octanol–water partition coefficient (Wildman–Crippen LogP) is 4.19. The van der Waals surface area contributed by atoms with Crippen LogP contribution in [0.2, 0.25) is 0 Å². The zero-order chi connectivity index (χ0) is 17.2. The summed E-state index contributed by atoms with van der Waals surface area (Å²) < 4.78 is 10.7. The summed E-state index contributed by atoms with van der Waals surface area (Å²) in [5, 5.41) is 1.98. The molecular formula is C21H15NO3. The third-order valence-electron chi connectivity index (χ3n) is 4.07. The van der Waals surface area contributed by atoms with Gasteiger partial charge in [-0.15, -0.1) is 0 Å². The SMILES string of the molecule is COc1ccc(/C=C2\N=C(c3ccccc3)OC2=O)c2ccccc12. The average molecular weight is 329 g/mol. The quantitative estimate of drug-likeness (QED) is 0.535. The van der Waals surface area contributed by atoms with Gasteiger partial charge in [-0.2, -0.15) is 0 Å². The Morgan fingerprint density at radius 2 is 1.64 bits per heavy atom. The van der Waals surface area contributed by atoms with E-state index in [4.69, 9.17) is 9.47 Å². The largest absolute Gasteiger partial charge is 0.496 e. The number of carbonyl (C=O) groups is 1. The van der Waals surface area contributed by atoms with E-state index in [1.54, 1.807) is 13.2 Å². The smallest absolute Gasteiger partial charge is 0.363 e. The van der Waals surface area contributed by atoms with E-state index < -0.39 is 5.97 Å². The molecular weight excluding hydrogens is 314 g/mol. The first kappa shape index (κ1) is 15.1. The molecule has 0 aliphatic carbocycles. The van der Waals surface area contributed by atoms with E-state index in [1.807, 2.05) is 66.7 Å². The summed E-state index contributed by atoms with van der Waals surface area (Å²) in [5.41, 5.74) is 1.95. The lowest BCUT2D eigenvalue weighted by atomic mass is 10.0. The number of hydrogen-bond acceptors (Lipinski definition) is 4. The summed E-state index contributed by atoms with van der Waals surface area (Å²) >= 11 is 0. The summed E-state index contributed by atoms with van der Waals surface area (Å²) in [7, 11) is 1.64. The maximum absolute atomic E-state index is 12.2. The highest BCUT2D eigenvalue weighted by Crippen LogP contribution is 2.30. The number of fused-ring (bicyclic) bond motifs is 1. The van der Waals surface area contributed by atoms with Crippen LogP contribution in [0, 0.1) is 0 Å². The van der Waals surface area contributed by atoms with E-state index in [-0.39, 0.29) is 5.70 Å². The number of cyclic esters (lactones) is 1. The van der Waals surface area contributed by atoms with Gasteiger partial charge in [0.25, 0.3) is 0 Å². The number of methoxy groups -OCH3 is 1. The molecule has 0 spiro atoms. The lowest BCUT2D eigenvalue weighted by molar-refractivity contribution is -0.129. The fourth-order valence-electron chi connectivity index (χ4n) is 2.86. The van der Waals surface area contributed by atoms with E-state index in [0.717, 1.165) is 27.6 Å². The maximum atomic E-state index is 12.2. The zero-order valence-electron chi connectivity index (χ0n) is 13.6. The van der Waals surface area contributed by atoms with Gasteiger partial charge < -0.3 is 9.47 Å². The molecule has 4 nitrogen and oxygen atoms in total. The molecule has 1 aliphatic rings. The van der Waals surface area contributed by atoms with Gasteiger partial charge in [-0.3, -0.25) is 0 Å². The summed E-state index contributed by atoms with van der Waals surface area (Å²) in [6.07, 6.45) is 1.75. The number of esters is 1. The van der Waals surface area contributed by atoms with Gasteiger partial charge in [0.2, 0.25) is 5.90 Å². The Bertz CT molecular complexity index is 1020. The van der Waals surface area contributed by atoms with Gasteiger partial charge in [-0.1, -0.05) is 48.5 Å². The van der Waals surface area contributed by atoms with Crippen molar-refractivity contribution < 1.29 is 14.3 Å². The Morgan fingerprint density at radius 1 is 0.920 bits per heavy atom. The van der Waals surface area contributed by atoms with E-state index >= 15 is 0 Å². The lowest BCUT2D eigenvalue weighted by Gasteiger charge is -2.07. The van der Waals surface area contributed by atoms with Gasteiger partial charge in [-0.05, 0) is 35.2 Å². The molecule has 3 aromatic rings. The van der Waals surface area contributed by atoms with Crippen LogP contribution in [0.1, 0.15) is 11.1 Å². The van der Waals surface area contributed by atoms with E-state index in [0.29, 0.717) is 5.90 Å². The molecule has 122 valence electrons. The number of hydrogen-bond donors (Lipinski definition) is 0. The molecule has 0 saturated carbocycles. The molecule has 0 aromatic heterocycles. The highest BCUT2D eigenvalue weighted by Gasteiger charge is 2.24. The van der Waals surface area contributed by atoms with Crippen molar-refractivity contribution in [1.29, 1.82) is 0 Å². The van der Waals surface area contributed by atoms with Crippen molar-refractivity contribution in [2.45, 2.75) is 0 Å². The minimum atomic E-state index is -0.446. The first-order valence-corrected chi connectivity index (χ1v) is 7.90. The monoisotopic (exact) mass is 329 g/mol. The topological polar surface area (TPSA) is 47.9 Å². The summed E-state index contributed by atoms with van der Waals surface area (Å²) in [4.78, 5) is 16.6. The first-order valence-electron chi connectivity index (χ1n) is 7.90. The second-order valence-electron chi connectivity index (χ2n) is 5.60. The summed E-state index contributed by atoms with van der Waals surface area (Å²) in [6.45, 7) is 0. The van der Waals surface area contributed by atoms with Crippen molar-refractivity contribution in [3.8, 4) is 5.75 Å². The van der Waals surface area contributed by atoms with Crippen molar-refractivity contribution >= 4 is 28.7 Å². The fraction of sp³-hybridized carbons (Fsp3) is 0.0476. The molecule has 3 aromatic carbocycles. The second kappa shape index (κ2) is 6.24. The van der Waals surface area contributed by atoms with E-state index in [9.17, 15) is 4.79 Å². The highest BCUT2D eigenvalue weighted by atomic mass is 16.6. The van der Waals surface area contributed by atoms with Crippen molar-refractivity contribution in [3.05, 3.63) is 83.6 Å². The standard InChI is InChI=1S/C21H15NO3/c1-24-19-12-11-15(16-9-5-6-10-17(16)19)13-18-21(23)25-20(22-18)14-7-3-2-4-8-14/h2-13H,1H3/b18-13-. The Balaban J connectivity index is 1.80. The van der Waals surface area contributed by atoms with Crippen LogP contribution in [0.25, 0.3) is 16.8 Å². The number of nitrogens with zero attached hydrogens (tertiary/aromatic N) is 1. The minimum Gasteiger partial charge on any atom is -0.496 e. The predicted molar refractivity (Wildman–Crippen MR) is 97.5 cm³/mol. The molecule has 0 fully saturated rings. The van der Waals surface area contributed by atoms with Crippen LogP contribution in [0.5, 0.6) is 5.75 Å². The second-order valence-corrected chi connectivity index (χ2v) is 5.60. The van der Waals surface area contributed by atoms with Crippen LogP contribution >= 0.6 is 0 Å². The van der Waals surface area contributed by atoms with Gasteiger partial charge in [0.15, 0.2) is 5.70 Å². The van der Waals surface area contributed by atoms with E-state index in [2.05, 4.69) is 4.99 Å². The van der Waals surface area contributed by atoms with Crippen molar-refractivity contribution in [1.82, 2.24) is 0 Å². The van der Waals surface area contributed by atoms with Crippen molar-refractivity contribution in [3.63, 3.8) is 0 Å². The third-order valence-corrected chi connectivity index (χ3v) is 4.07. The van der Waals surface area contributed by atoms with Gasteiger partial charge in [0.05, 0.1) is 7.11 Å². The minimum absolute atomic E-state index is 0.286. The Labute approximate surface area is 145 Å². The molecule has 0 atom stereocenters. The van der Waals surface area contributed by atoms with Crippen LogP contribution in [0.15, 0.2) is 77.4 Å². The van der Waals surface area contributed by atoms with Crippen LogP contribution in [-0.4, -0.2) is 19.0 Å². The van der Waals surface area contributed by atoms with Crippen molar-refractivity contribution in [2.75, 3.05) is 7.11 Å². The zero-order valence-corrected chi connectivity index (χ0v) is 13.6. The molecule has 0 amide bonds. The van der Waals surface area contributed by atoms with Gasteiger partial charge >= 0.3 is 5.97 Å². The molecule has 0 radical (unpaired) electrons. The molecule has 0 unspecified atom stereocenters. The maximum Gasteiger partial charge on any atom is 0.363 e. The Hall–Kier alpha value is -3.40. The highest BCUT2D eigenvalue weighted by molar-refractivity contribution is 6.13. The third kappa shape index (κ3) is 2.78. The van der Waals surface area contributed by atoms with Crippen molar-refractivity contribution in [2.24, 2.45) is 4.99 Å². The fourth-order valence-corrected chi connectivity index (χ4v) is 2.86. The average Bonchev–Trinajstić information content (AvgIpc) is 3.03. The number of carbonyl (C=O) groups excluding carboxylic acids is 1. The van der Waals surface area contributed by atoms with Crippen LogP contribution in [0.3, 0.4) is 0 Å². The Kier molecular flexibility index (Phi) is 3.78. The van der Waals surface area contributed by atoms with Crippen LogP contribution in [0.4, 0.5) is 0 Å². The molecule has 1 aliphatic heterocycles. The molecule has 4 rings (SSSR count). The molecule has 1 heterocycles. The summed E-state index contributed by atoms with van der Waals surface area (Å²) in [5.74, 6) is 0.675. The molecule has 4 heteroatoms. The van der Waals surface area contributed by atoms with Gasteiger partial charge in [0, 0.05) is 10.9 Å². The number of rotatable bonds is 3. The molecule has 0 N–H and O–H groups in total. The Morgan fingerprint density at radius 3 is 2.40 bits per heavy atom. The first-order chi connectivity index (χ1) is 12.3. The number of benzene rings is 3. The molecule has 25 heavy (non-hydrogen) atoms. The van der Waals surface area contributed by atoms with E-state index in [1.165, 1.54) is 0 Å². The van der Waals surface area contributed by atoms with Gasteiger partial charge in [-0.25, -0.2) is 9.79 Å². The number of ether oxygens (including phenoxy) is 2. The van der Waals surface area contributed by atoms with Gasteiger partial charge in [0.1, 0.15) is 5.75 Å². The summed E-state index contributed by atoms with van der Waals surface area (Å²) in [6, 6.07) is 21.1. The normalized spacial score (nSPS) is 15.3. The van der Waals surface area contributed by atoms with Crippen LogP contribution < -0.4 is 4.74 Å². The van der Waals surface area contributed by atoms with Crippen LogP contribution in [-0.2, 0) is 9.53 Å².